The zero-order valence-corrected chi connectivity index (χ0v) is 43.8. The van der Waals surface area contributed by atoms with Crippen molar-refractivity contribution in [2.24, 2.45) is 0 Å². The van der Waals surface area contributed by atoms with Crippen molar-refractivity contribution in [3.05, 3.63) is 252 Å². The van der Waals surface area contributed by atoms with Crippen LogP contribution in [0.15, 0.2) is 218 Å². The zero-order valence-electron chi connectivity index (χ0n) is 43.8. The summed E-state index contributed by atoms with van der Waals surface area (Å²) in [5, 5.41) is 5.19. The first-order valence-corrected chi connectivity index (χ1v) is 27.0. The molecule has 0 saturated carbocycles. The molecule has 15 rings (SSSR count). The molecule has 4 heteroatoms. The fraction of sp³-hybridized carbons (Fsp3) is 0.0833. The molecule has 0 aliphatic carbocycles. The van der Waals surface area contributed by atoms with Gasteiger partial charge in [0, 0.05) is 32.9 Å². The monoisotopic (exact) mass is 968 g/mol. The molecule has 358 valence electrons. The molecule has 76 heavy (non-hydrogen) atoms. The third-order valence-corrected chi connectivity index (χ3v) is 17.2. The van der Waals surface area contributed by atoms with Gasteiger partial charge in [0.2, 0.25) is 13.4 Å². The molecule has 0 bridgehead atoms. The van der Waals surface area contributed by atoms with Crippen LogP contribution in [0.1, 0.15) is 33.4 Å². The van der Waals surface area contributed by atoms with Crippen LogP contribution in [0, 0.1) is 41.5 Å². The van der Waals surface area contributed by atoms with Crippen molar-refractivity contribution < 1.29 is 0 Å². The predicted octanol–water partition coefficient (Wildman–Crippen LogP) is 14.1. The Hall–Kier alpha value is -8.85. The third-order valence-electron chi connectivity index (χ3n) is 17.2. The fourth-order valence-corrected chi connectivity index (χ4v) is 14.5. The molecular formula is C72H54B2N2. The number of nitrogens with zero attached hydrogens (tertiary/aromatic N) is 2. The van der Waals surface area contributed by atoms with Gasteiger partial charge >= 0.3 is 0 Å². The van der Waals surface area contributed by atoms with Gasteiger partial charge in [-0.3, -0.25) is 0 Å². The lowest BCUT2D eigenvalue weighted by Crippen LogP contribution is -2.61. The highest BCUT2D eigenvalue weighted by atomic mass is 15.0. The lowest BCUT2D eigenvalue weighted by molar-refractivity contribution is 1.16. The summed E-state index contributed by atoms with van der Waals surface area (Å²) in [6.07, 6.45) is 0. The maximum atomic E-state index is 2.68. The minimum absolute atomic E-state index is 0.0549. The maximum Gasteiger partial charge on any atom is 0.247 e. The topological polar surface area (TPSA) is 9.86 Å². The first-order chi connectivity index (χ1) is 37.2. The molecule has 0 fully saturated rings. The van der Waals surface area contributed by atoms with E-state index in [-0.39, 0.29) is 13.4 Å². The first kappa shape index (κ1) is 44.6. The van der Waals surface area contributed by atoms with Gasteiger partial charge in [0.25, 0.3) is 0 Å². The van der Waals surface area contributed by atoms with Gasteiger partial charge in [-0.05, 0) is 132 Å². The minimum Gasteiger partial charge on any atom is -0.310 e. The van der Waals surface area contributed by atoms with Gasteiger partial charge < -0.3 is 9.13 Å². The van der Waals surface area contributed by atoms with E-state index in [1.54, 1.807) is 0 Å². The number of benzene rings is 11. The molecule has 13 aromatic rings. The lowest BCUT2D eigenvalue weighted by atomic mass is 9.32. The van der Waals surface area contributed by atoms with Crippen molar-refractivity contribution in [1.29, 1.82) is 0 Å². The van der Waals surface area contributed by atoms with E-state index in [1.807, 2.05) is 0 Å². The van der Waals surface area contributed by atoms with E-state index in [9.17, 15) is 0 Å². The molecule has 0 N–H and O–H groups in total. The molecule has 0 unspecified atom stereocenters. The molecule has 2 nitrogen and oxygen atoms in total. The van der Waals surface area contributed by atoms with Gasteiger partial charge in [-0.25, -0.2) is 0 Å². The number of rotatable bonds is 6. The normalized spacial score (nSPS) is 12.6. The van der Waals surface area contributed by atoms with Gasteiger partial charge in [0.1, 0.15) is 0 Å². The minimum atomic E-state index is -0.0549. The second kappa shape index (κ2) is 16.8. The number of fused-ring (bicyclic) bond motifs is 10. The third kappa shape index (κ3) is 6.37. The fourth-order valence-electron chi connectivity index (χ4n) is 14.5. The van der Waals surface area contributed by atoms with E-state index in [1.165, 1.54) is 166 Å². The van der Waals surface area contributed by atoms with E-state index in [0.717, 1.165) is 0 Å². The van der Waals surface area contributed by atoms with Gasteiger partial charge in [-0.15, -0.1) is 0 Å². The van der Waals surface area contributed by atoms with E-state index in [4.69, 9.17) is 0 Å². The molecule has 0 amide bonds. The van der Waals surface area contributed by atoms with Crippen molar-refractivity contribution >= 4 is 89.8 Å². The van der Waals surface area contributed by atoms with Crippen LogP contribution < -0.4 is 32.8 Å². The summed E-state index contributed by atoms with van der Waals surface area (Å²) in [5.41, 5.74) is 33.4. The summed E-state index contributed by atoms with van der Waals surface area (Å²) >= 11 is 0. The molecule has 0 radical (unpaired) electrons. The second-order valence-corrected chi connectivity index (χ2v) is 21.8. The SMILES string of the molecule is Cc1cc(C)c(B2c3cc4c(cc3-n3c5cccc(-c6ccccc6)c5c5c(-c6ccccc6)ccc2c53)B(c2c(C)cc(C)cc2C)c2ccc(-c3ccccc3)c3c5c(-c6ccccc6)cccc5n-4c23)c(C)c1. The van der Waals surface area contributed by atoms with Crippen molar-refractivity contribution in [2.45, 2.75) is 41.5 Å². The van der Waals surface area contributed by atoms with Crippen LogP contribution in [-0.2, 0) is 0 Å². The number of hydrogen-bond acceptors (Lipinski definition) is 0. The Morgan fingerprint density at radius 3 is 0.921 bits per heavy atom. The lowest BCUT2D eigenvalue weighted by Gasteiger charge is -2.34. The standard InChI is InChI=1S/C72H54B2N2/c1-43-37-45(3)69(46(4)38-43)73-57-35-33-55(51-25-15-9-16-26-51)67-65-53(49-21-11-7-12-22-49)29-19-31-61(65)75(71(57)67)63-42-60-64(41-59(63)73)76-62-32-20-30-54(50-23-13-8-14-24-50)66(62)68-56(52-27-17-10-18-28-52)34-36-58(72(68)76)74(60)70-47(5)39-44(2)40-48(70)6/h7-42H,1-6H3. The Labute approximate surface area is 445 Å². The number of hydrogen-bond donors (Lipinski definition) is 0. The van der Waals surface area contributed by atoms with Crippen molar-refractivity contribution in [3.63, 3.8) is 0 Å². The average molecular weight is 969 g/mol. The van der Waals surface area contributed by atoms with Crippen molar-refractivity contribution in [1.82, 2.24) is 9.13 Å². The van der Waals surface area contributed by atoms with E-state index in [0.29, 0.717) is 0 Å². The molecule has 11 aromatic carbocycles. The van der Waals surface area contributed by atoms with Crippen LogP contribution in [0.3, 0.4) is 0 Å². The Kier molecular flexibility index (Phi) is 9.88. The molecule has 0 atom stereocenters. The number of aromatic nitrogens is 2. The van der Waals surface area contributed by atoms with Gasteiger partial charge in [-0.2, -0.15) is 0 Å². The van der Waals surface area contributed by atoms with Gasteiger partial charge in [-0.1, -0.05) is 238 Å². The van der Waals surface area contributed by atoms with E-state index in [2.05, 4.69) is 269 Å². The van der Waals surface area contributed by atoms with Crippen LogP contribution in [0.25, 0.3) is 99.5 Å². The Morgan fingerprint density at radius 2 is 0.592 bits per heavy atom. The van der Waals surface area contributed by atoms with E-state index < -0.39 is 0 Å². The summed E-state index contributed by atoms with van der Waals surface area (Å²) in [4.78, 5) is 0. The summed E-state index contributed by atoms with van der Waals surface area (Å²) in [6, 6.07) is 83.0. The molecule has 0 spiro atoms. The van der Waals surface area contributed by atoms with Crippen LogP contribution >= 0.6 is 0 Å². The van der Waals surface area contributed by atoms with Crippen LogP contribution in [0.2, 0.25) is 0 Å². The Morgan fingerprint density at radius 1 is 0.276 bits per heavy atom. The highest BCUT2D eigenvalue weighted by Crippen LogP contribution is 2.46. The summed E-state index contributed by atoms with van der Waals surface area (Å²) in [7, 11) is 0. The highest BCUT2D eigenvalue weighted by Gasteiger charge is 2.42. The summed E-state index contributed by atoms with van der Waals surface area (Å²) < 4.78 is 5.36. The predicted molar refractivity (Wildman–Crippen MR) is 327 cm³/mol. The maximum absolute atomic E-state index is 2.68. The molecule has 4 heterocycles. The quantitative estimate of drug-likeness (QED) is 0.147. The van der Waals surface area contributed by atoms with E-state index >= 15 is 0 Å². The summed E-state index contributed by atoms with van der Waals surface area (Å²) in [6.45, 7) is 13.7. The van der Waals surface area contributed by atoms with Crippen molar-refractivity contribution in [3.8, 4) is 55.9 Å². The van der Waals surface area contributed by atoms with Gasteiger partial charge in [0.05, 0.1) is 22.1 Å². The number of aryl methyl sites for hydroxylation is 6. The largest absolute Gasteiger partial charge is 0.310 e. The first-order valence-electron chi connectivity index (χ1n) is 27.0. The highest BCUT2D eigenvalue weighted by molar-refractivity contribution is 7.00. The average Bonchev–Trinajstić information content (AvgIpc) is 4.18. The smallest absolute Gasteiger partial charge is 0.247 e. The molecule has 2 aromatic heterocycles. The Balaban J connectivity index is 1.16. The molecule has 2 aliphatic rings. The van der Waals surface area contributed by atoms with Crippen LogP contribution in [0.4, 0.5) is 0 Å². The molecule has 0 saturated heterocycles. The molecule has 2 aliphatic heterocycles. The van der Waals surface area contributed by atoms with Gasteiger partial charge in [0.15, 0.2) is 0 Å². The Bertz CT molecular complexity index is 4230. The van der Waals surface area contributed by atoms with Crippen molar-refractivity contribution in [2.75, 3.05) is 0 Å². The summed E-state index contributed by atoms with van der Waals surface area (Å²) in [5.74, 6) is 0. The second-order valence-electron chi connectivity index (χ2n) is 21.8. The van der Waals surface area contributed by atoms with Crippen LogP contribution in [0.5, 0.6) is 0 Å². The molecular weight excluding hydrogens is 914 g/mol. The zero-order chi connectivity index (χ0) is 51.1. The van der Waals surface area contributed by atoms with Crippen LogP contribution in [-0.4, -0.2) is 22.6 Å².